The van der Waals surface area contributed by atoms with Gasteiger partial charge in [-0.1, -0.05) is 0 Å². The minimum absolute atomic E-state index is 0. The van der Waals surface area contributed by atoms with Crippen LogP contribution in [0.2, 0.25) is 0 Å². The van der Waals surface area contributed by atoms with Crippen LogP contribution in [0, 0.1) is 16.5 Å². The van der Waals surface area contributed by atoms with Crippen LogP contribution in [0.15, 0.2) is 0 Å². The molecular weight excluding hydrogens is 135 g/mol. The summed E-state index contributed by atoms with van der Waals surface area (Å²) in [5.41, 5.74) is 1.05. The van der Waals surface area contributed by atoms with E-state index in [1.807, 2.05) is 0 Å². The first-order valence-corrected chi connectivity index (χ1v) is 1.59. The Morgan fingerprint density at radius 2 is 2.38 bits per heavy atom. The first-order valence-electron chi connectivity index (χ1n) is 1.59. The molecule has 0 aliphatic rings. The molecule has 0 aliphatic carbocycles. The van der Waals surface area contributed by atoms with Crippen molar-refractivity contribution in [3.05, 3.63) is 5.21 Å². The van der Waals surface area contributed by atoms with E-state index < -0.39 is 5.91 Å². The van der Waals surface area contributed by atoms with E-state index in [1.165, 1.54) is 6.07 Å². The fraction of sp³-hybridized carbons (Fsp3) is 0.333. The van der Waals surface area contributed by atoms with Gasteiger partial charge >= 0.3 is 51.4 Å². The molecule has 5 heteroatoms. The average molecular weight is 138 g/mol. The minimum atomic E-state index is -0.789. The van der Waals surface area contributed by atoms with E-state index in [0.29, 0.717) is 0 Å². The van der Waals surface area contributed by atoms with Gasteiger partial charge in [-0.15, -0.1) is 0 Å². The topological polar surface area (TPSA) is 76.0 Å². The normalized spacial score (nSPS) is 6.00. The fourth-order valence-corrected chi connectivity index (χ4v) is 0.108. The Labute approximate surface area is 89.2 Å². The molecule has 0 bridgehead atoms. The van der Waals surface area contributed by atoms with Crippen LogP contribution in [0.25, 0.3) is 0 Å². The minimum Gasteiger partial charge on any atom is -0.759 e. The molecule has 0 unspecified atom stereocenters. The van der Waals surface area contributed by atoms with Gasteiger partial charge in [-0.2, -0.15) is 5.26 Å². The molecule has 38 valence electrons. The van der Waals surface area contributed by atoms with E-state index in [9.17, 15) is 10.0 Å². The van der Waals surface area contributed by atoms with Crippen molar-refractivity contribution in [3.63, 3.8) is 0 Å². The predicted octanol–water partition coefficient (Wildman–Crippen LogP) is -3.48. The Morgan fingerprint density at radius 3 is 2.50 bits per heavy atom. The van der Waals surface area contributed by atoms with E-state index in [4.69, 9.17) is 5.26 Å². The standard InChI is InChI=1S/C3H3N2O2.K/c4-2-1-3(6)5-7;/h1H2,(H-,5,6,7);/q-1;+1. The van der Waals surface area contributed by atoms with Crippen LogP contribution in [0.4, 0.5) is 0 Å². The van der Waals surface area contributed by atoms with Crippen LogP contribution in [0.1, 0.15) is 6.42 Å². The average Bonchev–Trinajstić information content (AvgIpc) is 1.68. The van der Waals surface area contributed by atoms with Gasteiger partial charge in [0.25, 0.3) is 0 Å². The third-order valence-corrected chi connectivity index (χ3v) is 0.353. The monoisotopic (exact) mass is 138 g/mol. The van der Waals surface area contributed by atoms with Crippen molar-refractivity contribution < 1.29 is 56.2 Å². The number of rotatable bonds is 1. The Kier molecular flexibility index (Phi) is 10.7. The maximum absolute atomic E-state index is 9.77. The largest absolute Gasteiger partial charge is 1.00 e. The molecule has 1 amide bonds. The zero-order chi connectivity index (χ0) is 5.70. The summed E-state index contributed by atoms with van der Waals surface area (Å²) in [5.74, 6) is -0.789. The number of nitrogens with zero attached hydrogens (tertiary/aromatic N) is 1. The first kappa shape index (κ1) is 11.4. The molecule has 8 heavy (non-hydrogen) atoms. The molecule has 0 heterocycles. The zero-order valence-corrected chi connectivity index (χ0v) is 7.59. The summed E-state index contributed by atoms with van der Waals surface area (Å²) in [6, 6.07) is 1.51. The molecule has 0 saturated heterocycles. The summed E-state index contributed by atoms with van der Waals surface area (Å²) in [6.07, 6.45) is -0.358. The Balaban J connectivity index is 0. The van der Waals surface area contributed by atoms with Crippen LogP contribution in [-0.4, -0.2) is 5.91 Å². The molecule has 0 spiro atoms. The van der Waals surface area contributed by atoms with Gasteiger partial charge in [-0.05, 0) is 0 Å². The molecule has 0 aromatic heterocycles. The van der Waals surface area contributed by atoms with E-state index in [2.05, 4.69) is 0 Å². The van der Waals surface area contributed by atoms with Crippen LogP contribution < -0.4 is 56.9 Å². The summed E-state index contributed by atoms with van der Waals surface area (Å²) in [4.78, 5) is 9.77. The number of hydroxylamine groups is 1. The molecule has 0 saturated carbocycles. The van der Waals surface area contributed by atoms with Crippen LogP contribution in [0.5, 0.6) is 0 Å². The van der Waals surface area contributed by atoms with Crippen molar-refractivity contribution in [1.29, 1.82) is 5.26 Å². The van der Waals surface area contributed by atoms with Gasteiger partial charge < -0.3 is 10.7 Å². The fourth-order valence-electron chi connectivity index (χ4n) is 0.108. The predicted molar refractivity (Wildman–Crippen MR) is 21.7 cm³/mol. The van der Waals surface area contributed by atoms with E-state index in [1.54, 1.807) is 0 Å². The second kappa shape index (κ2) is 7.56. The molecule has 0 atom stereocenters. The van der Waals surface area contributed by atoms with Gasteiger partial charge in [0.05, 0.1) is 6.07 Å². The van der Waals surface area contributed by atoms with Crippen LogP contribution in [-0.2, 0) is 4.79 Å². The van der Waals surface area contributed by atoms with Gasteiger partial charge in [0.15, 0.2) is 0 Å². The second-order valence-corrected chi connectivity index (χ2v) is 0.860. The SMILES string of the molecule is N#CCC(=O)N[O-].[K+]. The van der Waals surface area contributed by atoms with Crippen molar-refractivity contribution in [2.75, 3.05) is 0 Å². The van der Waals surface area contributed by atoms with Crippen molar-refractivity contribution >= 4 is 5.91 Å². The number of carbonyl (C=O) groups is 1. The molecule has 0 rings (SSSR count). The molecule has 4 nitrogen and oxygen atoms in total. The molecular formula is C3H3KN2O2. The van der Waals surface area contributed by atoms with E-state index in [-0.39, 0.29) is 57.8 Å². The van der Waals surface area contributed by atoms with E-state index in [0.717, 1.165) is 5.48 Å². The summed E-state index contributed by atoms with van der Waals surface area (Å²) >= 11 is 0. The van der Waals surface area contributed by atoms with E-state index >= 15 is 0 Å². The molecule has 0 aromatic carbocycles. The Morgan fingerprint density at radius 1 is 1.88 bits per heavy atom. The molecule has 0 radical (unpaired) electrons. The maximum atomic E-state index is 9.77. The molecule has 0 fully saturated rings. The van der Waals surface area contributed by atoms with Gasteiger partial charge in [0.2, 0.25) is 5.91 Å². The maximum Gasteiger partial charge on any atom is 1.00 e. The second-order valence-electron chi connectivity index (χ2n) is 0.860. The third kappa shape index (κ3) is 6.56. The van der Waals surface area contributed by atoms with Crippen LogP contribution in [0.3, 0.4) is 0 Å². The quantitative estimate of drug-likeness (QED) is 0.302. The first-order chi connectivity index (χ1) is 3.31. The Hall–Kier alpha value is 0.556. The summed E-state index contributed by atoms with van der Waals surface area (Å²) < 4.78 is 0. The van der Waals surface area contributed by atoms with Crippen molar-refractivity contribution in [3.8, 4) is 6.07 Å². The number of nitriles is 1. The van der Waals surface area contributed by atoms with Crippen LogP contribution >= 0.6 is 0 Å². The third-order valence-electron chi connectivity index (χ3n) is 0.353. The molecule has 0 aromatic rings. The molecule has 0 aliphatic heterocycles. The van der Waals surface area contributed by atoms with Gasteiger partial charge in [-0.3, -0.25) is 4.79 Å². The summed E-state index contributed by atoms with van der Waals surface area (Å²) in [7, 11) is 0. The number of hydrogen-bond donors (Lipinski definition) is 1. The van der Waals surface area contributed by atoms with Crippen molar-refractivity contribution in [1.82, 2.24) is 5.48 Å². The number of carbonyl (C=O) groups excluding carboxylic acids is 1. The number of amides is 1. The Bertz CT molecular complexity index is 108. The smallest absolute Gasteiger partial charge is 0.759 e. The van der Waals surface area contributed by atoms with Crippen molar-refractivity contribution in [2.24, 2.45) is 0 Å². The number of hydrogen-bond acceptors (Lipinski definition) is 3. The number of nitrogens with one attached hydrogen (secondary N) is 1. The summed E-state index contributed by atoms with van der Waals surface area (Å²) in [5, 5.41) is 17.0. The van der Waals surface area contributed by atoms with Gasteiger partial charge in [0.1, 0.15) is 6.42 Å². The van der Waals surface area contributed by atoms with Gasteiger partial charge in [0, 0.05) is 0 Å². The molecule has 1 N–H and O–H groups in total. The summed E-state index contributed by atoms with van der Waals surface area (Å²) in [6.45, 7) is 0. The zero-order valence-electron chi connectivity index (χ0n) is 4.47. The van der Waals surface area contributed by atoms with Crippen molar-refractivity contribution in [2.45, 2.75) is 6.42 Å². The van der Waals surface area contributed by atoms with Gasteiger partial charge in [-0.25, -0.2) is 0 Å².